The van der Waals surface area contributed by atoms with E-state index in [1.54, 1.807) is 21.8 Å². The van der Waals surface area contributed by atoms with Crippen molar-refractivity contribution < 1.29 is 0 Å². The number of anilines is 1. The smallest absolute Gasteiger partial charge is 0.258 e. The fraction of sp³-hybridized carbons (Fsp3) is 0.200. The van der Waals surface area contributed by atoms with Crippen molar-refractivity contribution in [1.82, 2.24) is 9.38 Å². The second-order valence-electron chi connectivity index (χ2n) is 5.89. The van der Waals surface area contributed by atoms with Gasteiger partial charge in [0.1, 0.15) is 0 Å². The third kappa shape index (κ3) is 2.70. The topological polar surface area (TPSA) is 37.6 Å². The van der Waals surface area contributed by atoms with Crippen LogP contribution in [0.2, 0.25) is 0 Å². The van der Waals surface area contributed by atoms with Crippen molar-refractivity contribution in [2.75, 3.05) is 18.0 Å². The maximum Gasteiger partial charge on any atom is 0.258 e. The quantitative estimate of drug-likeness (QED) is 0.547. The standard InChI is InChI=1S/C20H19N3OS/c1-3-22(4-2)15-11-9-14(10-12-15)18-13-19(24)23-17-8-6-5-7-16(17)21-20(23)25-18/h5-13H,3-4H2,1-2H3. The maximum absolute atomic E-state index is 12.6. The van der Waals surface area contributed by atoms with Crippen molar-refractivity contribution in [2.24, 2.45) is 0 Å². The number of benzene rings is 2. The summed E-state index contributed by atoms with van der Waals surface area (Å²) in [6, 6.07) is 17.8. The molecule has 4 rings (SSSR count). The molecule has 25 heavy (non-hydrogen) atoms. The van der Waals surface area contributed by atoms with Crippen LogP contribution >= 0.6 is 11.3 Å². The van der Waals surface area contributed by atoms with E-state index in [-0.39, 0.29) is 5.56 Å². The Labute approximate surface area is 150 Å². The van der Waals surface area contributed by atoms with Gasteiger partial charge in [0.15, 0.2) is 4.96 Å². The van der Waals surface area contributed by atoms with Crippen LogP contribution in [0.3, 0.4) is 0 Å². The zero-order chi connectivity index (χ0) is 17.4. The summed E-state index contributed by atoms with van der Waals surface area (Å²) in [5, 5.41) is 0. The zero-order valence-electron chi connectivity index (χ0n) is 14.3. The minimum Gasteiger partial charge on any atom is -0.372 e. The van der Waals surface area contributed by atoms with E-state index in [9.17, 15) is 4.79 Å². The fourth-order valence-electron chi connectivity index (χ4n) is 3.16. The van der Waals surface area contributed by atoms with Crippen LogP contribution in [0.25, 0.3) is 26.4 Å². The number of fused-ring (bicyclic) bond motifs is 3. The number of nitrogens with zero attached hydrogens (tertiary/aromatic N) is 3. The van der Waals surface area contributed by atoms with Crippen LogP contribution in [0.5, 0.6) is 0 Å². The number of hydrogen-bond donors (Lipinski definition) is 0. The van der Waals surface area contributed by atoms with Crippen LogP contribution in [-0.4, -0.2) is 22.5 Å². The van der Waals surface area contributed by atoms with Gasteiger partial charge in [-0.05, 0) is 43.7 Å². The highest BCUT2D eigenvalue weighted by molar-refractivity contribution is 7.20. The molecule has 0 unspecified atom stereocenters. The van der Waals surface area contributed by atoms with E-state index in [0.29, 0.717) is 0 Å². The summed E-state index contributed by atoms with van der Waals surface area (Å²) in [4.78, 5) is 21.2. The van der Waals surface area contributed by atoms with Crippen molar-refractivity contribution in [2.45, 2.75) is 13.8 Å². The van der Waals surface area contributed by atoms with Gasteiger partial charge in [-0.3, -0.25) is 9.20 Å². The van der Waals surface area contributed by atoms with Crippen molar-refractivity contribution in [1.29, 1.82) is 0 Å². The van der Waals surface area contributed by atoms with E-state index in [1.165, 1.54) is 5.69 Å². The monoisotopic (exact) mass is 349 g/mol. The third-order valence-corrected chi connectivity index (χ3v) is 5.52. The molecule has 2 aromatic carbocycles. The number of imidazole rings is 1. The lowest BCUT2D eigenvalue weighted by Gasteiger charge is -2.21. The summed E-state index contributed by atoms with van der Waals surface area (Å²) in [6.45, 7) is 6.27. The van der Waals surface area contributed by atoms with Gasteiger partial charge in [0.25, 0.3) is 5.56 Å². The van der Waals surface area contributed by atoms with Gasteiger partial charge < -0.3 is 4.90 Å². The fourth-order valence-corrected chi connectivity index (χ4v) is 4.19. The molecule has 126 valence electrons. The first-order valence-corrected chi connectivity index (χ1v) is 9.29. The van der Waals surface area contributed by atoms with Gasteiger partial charge in [0, 0.05) is 29.7 Å². The SMILES string of the molecule is CCN(CC)c1ccc(-c2cc(=O)n3c(nc4ccccc43)s2)cc1. The molecule has 4 aromatic rings. The molecule has 5 heteroatoms. The zero-order valence-corrected chi connectivity index (χ0v) is 15.1. The second-order valence-corrected chi connectivity index (χ2v) is 6.90. The van der Waals surface area contributed by atoms with Crippen LogP contribution in [-0.2, 0) is 0 Å². The van der Waals surface area contributed by atoms with Crippen LogP contribution in [0, 0.1) is 0 Å². The van der Waals surface area contributed by atoms with Crippen molar-refractivity contribution >= 4 is 33.0 Å². The Hall–Kier alpha value is -2.66. The lowest BCUT2D eigenvalue weighted by atomic mass is 10.1. The average molecular weight is 349 g/mol. The van der Waals surface area contributed by atoms with E-state index >= 15 is 0 Å². The van der Waals surface area contributed by atoms with Gasteiger partial charge in [-0.2, -0.15) is 0 Å². The minimum absolute atomic E-state index is 0.0368. The highest BCUT2D eigenvalue weighted by Crippen LogP contribution is 2.28. The first kappa shape index (κ1) is 15.8. The normalized spacial score (nSPS) is 11.3. The largest absolute Gasteiger partial charge is 0.372 e. The Morgan fingerprint density at radius 1 is 1.04 bits per heavy atom. The van der Waals surface area contributed by atoms with Gasteiger partial charge in [0.05, 0.1) is 11.0 Å². The molecule has 4 nitrogen and oxygen atoms in total. The molecule has 0 atom stereocenters. The Morgan fingerprint density at radius 3 is 2.48 bits per heavy atom. The Kier molecular flexibility index (Phi) is 4.01. The minimum atomic E-state index is -0.0368. The van der Waals surface area contributed by atoms with E-state index in [2.05, 4.69) is 48.0 Å². The summed E-state index contributed by atoms with van der Waals surface area (Å²) < 4.78 is 1.69. The second kappa shape index (κ2) is 6.33. The average Bonchev–Trinajstić information content (AvgIpc) is 3.02. The predicted octanol–water partition coefficient (Wildman–Crippen LogP) is 4.42. The first-order valence-electron chi connectivity index (χ1n) is 8.48. The number of rotatable bonds is 4. The highest BCUT2D eigenvalue weighted by Gasteiger charge is 2.11. The molecule has 0 amide bonds. The predicted molar refractivity (Wildman–Crippen MR) is 106 cm³/mol. The third-order valence-electron chi connectivity index (χ3n) is 4.49. The van der Waals surface area contributed by atoms with E-state index < -0.39 is 0 Å². The van der Waals surface area contributed by atoms with Crippen LogP contribution in [0.4, 0.5) is 5.69 Å². The molecule has 0 N–H and O–H groups in total. The Morgan fingerprint density at radius 2 is 1.76 bits per heavy atom. The molecule has 0 aliphatic heterocycles. The van der Waals surface area contributed by atoms with Gasteiger partial charge in [0.2, 0.25) is 0 Å². The van der Waals surface area contributed by atoms with E-state index in [0.717, 1.165) is 39.5 Å². The molecule has 0 spiro atoms. The molecule has 2 aromatic heterocycles. The molecular weight excluding hydrogens is 330 g/mol. The molecule has 0 fully saturated rings. The van der Waals surface area contributed by atoms with E-state index in [1.807, 2.05) is 24.3 Å². The van der Waals surface area contributed by atoms with Crippen molar-refractivity contribution in [3.8, 4) is 10.4 Å². The number of hydrogen-bond acceptors (Lipinski definition) is 4. The van der Waals surface area contributed by atoms with Gasteiger partial charge in [-0.1, -0.05) is 35.6 Å². The molecule has 0 saturated carbocycles. The lowest BCUT2D eigenvalue weighted by molar-refractivity contribution is 0.866. The number of para-hydroxylation sites is 2. The maximum atomic E-state index is 12.6. The molecule has 0 bridgehead atoms. The molecule has 0 aliphatic rings. The van der Waals surface area contributed by atoms with Gasteiger partial charge in [-0.15, -0.1) is 0 Å². The summed E-state index contributed by atoms with van der Waals surface area (Å²) in [5.41, 5.74) is 3.93. The van der Waals surface area contributed by atoms with Crippen LogP contribution in [0.15, 0.2) is 59.4 Å². The Balaban J connectivity index is 1.82. The lowest BCUT2D eigenvalue weighted by Crippen LogP contribution is -2.21. The summed E-state index contributed by atoms with van der Waals surface area (Å²) in [6.07, 6.45) is 0. The molecular formula is C20H19N3OS. The summed E-state index contributed by atoms with van der Waals surface area (Å²) in [7, 11) is 0. The van der Waals surface area contributed by atoms with Crippen molar-refractivity contribution in [3.63, 3.8) is 0 Å². The molecule has 2 heterocycles. The van der Waals surface area contributed by atoms with E-state index in [4.69, 9.17) is 0 Å². The molecule has 0 aliphatic carbocycles. The number of aromatic nitrogens is 2. The molecule has 0 saturated heterocycles. The highest BCUT2D eigenvalue weighted by atomic mass is 32.1. The van der Waals surface area contributed by atoms with Crippen LogP contribution in [0.1, 0.15) is 13.8 Å². The first-order chi connectivity index (χ1) is 12.2. The van der Waals surface area contributed by atoms with Gasteiger partial charge >= 0.3 is 0 Å². The van der Waals surface area contributed by atoms with Gasteiger partial charge in [-0.25, -0.2) is 4.98 Å². The summed E-state index contributed by atoms with van der Waals surface area (Å²) >= 11 is 1.54. The van der Waals surface area contributed by atoms with Crippen molar-refractivity contribution in [3.05, 3.63) is 65.0 Å². The van der Waals surface area contributed by atoms with Crippen LogP contribution < -0.4 is 10.5 Å². The summed E-state index contributed by atoms with van der Waals surface area (Å²) in [5.74, 6) is 0. The Bertz CT molecular complexity index is 1090. The molecule has 0 radical (unpaired) electrons.